The third-order valence-corrected chi connectivity index (χ3v) is 3.46. The van der Waals surface area contributed by atoms with Gasteiger partial charge in [-0.1, -0.05) is 6.92 Å². The zero-order valence-corrected chi connectivity index (χ0v) is 10.6. The van der Waals surface area contributed by atoms with Gasteiger partial charge in [0, 0.05) is 24.7 Å². The van der Waals surface area contributed by atoms with Crippen LogP contribution in [-0.2, 0) is 0 Å². The van der Waals surface area contributed by atoms with Crippen molar-refractivity contribution in [3.63, 3.8) is 0 Å². The van der Waals surface area contributed by atoms with E-state index >= 15 is 0 Å². The molecule has 0 unspecified atom stereocenters. The average molecular weight is 266 g/mol. The van der Waals surface area contributed by atoms with Gasteiger partial charge >= 0.3 is 5.69 Å². The van der Waals surface area contributed by atoms with Crippen LogP contribution in [0.5, 0.6) is 0 Å². The molecule has 5 nitrogen and oxygen atoms in total. The Balaban J connectivity index is 2.20. The van der Waals surface area contributed by atoms with Crippen LogP contribution in [-0.4, -0.2) is 28.8 Å². The summed E-state index contributed by atoms with van der Waals surface area (Å²) >= 11 is 0. The first kappa shape index (κ1) is 13.5. The molecule has 102 valence electrons. The van der Waals surface area contributed by atoms with Gasteiger partial charge in [-0.15, -0.1) is 0 Å². The van der Waals surface area contributed by atoms with E-state index in [2.05, 4.69) is 6.92 Å². The lowest BCUT2D eigenvalue weighted by Gasteiger charge is -2.30. The second-order valence-corrected chi connectivity index (χ2v) is 4.90. The fourth-order valence-electron chi connectivity index (χ4n) is 2.18. The van der Waals surface area contributed by atoms with Crippen molar-refractivity contribution in [3.05, 3.63) is 39.7 Å². The van der Waals surface area contributed by atoms with Gasteiger partial charge in [0.25, 0.3) is 5.91 Å². The highest BCUT2D eigenvalue weighted by molar-refractivity contribution is 5.94. The molecule has 1 aromatic carbocycles. The summed E-state index contributed by atoms with van der Waals surface area (Å²) in [4.78, 5) is 23.7. The fourth-order valence-corrected chi connectivity index (χ4v) is 2.18. The normalized spacial score (nSPS) is 16.4. The van der Waals surface area contributed by atoms with Gasteiger partial charge in [0.15, 0.2) is 0 Å². The highest BCUT2D eigenvalue weighted by Crippen LogP contribution is 2.22. The molecule has 6 heteroatoms. The van der Waals surface area contributed by atoms with E-state index < -0.39 is 16.4 Å². The number of carbonyl (C=O) groups excluding carboxylic acids is 1. The van der Waals surface area contributed by atoms with Crippen LogP contribution < -0.4 is 0 Å². The van der Waals surface area contributed by atoms with Crippen molar-refractivity contribution < 1.29 is 14.1 Å². The van der Waals surface area contributed by atoms with Gasteiger partial charge in [-0.3, -0.25) is 14.9 Å². The van der Waals surface area contributed by atoms with Gasteiger partial charge in [0.2, 0.25) is 5.82 Å². The Morgan fingerprint density at radius 1 is 1.42 bits per heavy atom. The van der Waals surface area contributed by atoms with Crippen molar-refractivity contribution in [2.24, 2.45) is 5.92 Å². The molecule has 0 bridgehead atoms. The quantitative estimate of drug-likeness (QED) is 0.610. The summed E-state index contributed by atoms with van der Waals surface area (Å²) in [5.74, 6) is -0.601. The number of nitro benzene ring substituents is 1. The SMILES string of the molecule is CC1CCN(C(=O)c2ccc(F)c([N+](=O)[O-])c2)CC1. The van der Waals surface area contributed by atoms with Gasteiger partial charge in [-0.25, -0.2) is 0 Å². The molecule has 1 fully saturated rings. The molecule has 0 saturated carbocycles. The summed E-state index contributed by atoms with van der Waals surface area (Å²) in [6.45, 7) is 3.42. The second kappa shape index (κ2) is 5.34. The van der Waals surface area contributed by atoms with E-state index in [1.54, 1.807) is 4.90 Å². The van der Waals surface area contributed by atoms with Crippen LogP contribution in [0.1, 0.15) is 30.1 Å². The first-order valence-corrected chi connectivity index (χ1v) is 6.22. The van der Waals surface area contributed by atoms with Crippen LogP contribution in [0.15, 0.2) is 18.2 Å². The number of piperidine rings is 1. The lowest BCUT2D eigenvalue weighted by atomic mass is 9.98. The number of likely N-dealkylation sites (tertiary alicyclic amines) is 1. The summed E-state index contributed by atoms with van der Waals surface area (Å²) in [7, 11) is 0. The van der Waals surface area contributed by atoms with Crippen molar-refractivity contribution in [2.75, 3.05) is 13.1 Å². The van der Waals surface area contributed by atoms with Gasteiger partial charge in [0.1, 0.15) is 0 Å². The Labute approximate surface area is 110 Å². The molecule has 0 spiro atoms. The van der Waals surface area contributed by atoms with Crippen molar-refractivity contribution in [1.82, 2.24) is 4.90 Å². The molecular formula is C13H15FN2O3. The Kier molecular flexibility index (Phi) is 3.78. The second-order valence-electron chi connectivity index (χ2n) is 4.90. The molecule has 0 radical (unpaired) electrons. The summed E-state index contributed by atoms with van der Waals surface area (Å²) in [6, 6.07) is 3.27. The lowest BCUT2D eigenvalue weighted by Crippen LogP contribution is -2.37. The number of rotatable bonds is 2. The van der Waals surface area contributed by atoms with Gasteiger partial charge in [-0.05, 0) is 30.9 Å². The van der Waals surface area contributed by atoms with Gasteiger partial charge in [-0.2, -0.15) is 4.39 Å². The number of benzene rings is 1. The maximum absolute atomic E-state index is 13.2. The highest BCUT2D eigenvalue weighted by Gasteiger charge is 2.24. The molecule has 0 aliphatic carbocycles. The standard InChI is InChI=1S/C13H15FN2O3/c1-9-4-6-15(7-5-9)13(17)10-2-3-11(14)12(8-10)16(18)19/h2-3,8-9H,4-7H2,1H3. The first-order chi connectivity index (χ1) is 8.99. The first-order valence-electron chi connectivity index (χ1n) is 6.22. The smallest absolute Gasteiger partial charge is 0.305 e. The Hall–Kier alpha value is -1.98. The van der Waals surface area contributed by atoms with E-state index in [0.717, 1.165) is 25.0 Å². The molecule has 1 saturated heterocycles. The predicted molar refractivity (Wildman–Crippen MR) is 67.4 cm³/mol. The minimum Gasteiger partial charge on any atom is -0.339 e. The van der Waals surface area contributed by atoms with Crippen LogP contribution in [0.25, 0.3) is 0 Å². The maximum atomic E-state index is 13.2. The van der Waals surface area contributed by atoms with Gasteiger partial charge < -0.3 is 4.90 Å². The number of halogens is 1. The van der Waals surface area contributed by atoms with Crippen molar-refractivity contribution >= 4 is 11.6 Å². The summed E-state index contributed by atoms with van der Waals surface area (Å²) in [5.41, 5.74) is -0.487. The van der Waals surface area contributed by atoms with Crippen molar-refractivity contribution in [1.29, 1.82) is 0 Å². The monoisotopic (exact) mass is 266 g/mol. The molecular weight excluding hydrogens is 251 g/mol. The highest BCUT2D eigenvalue weighted by atomic mass is 19.1. The van der Waals surface area contributed by atoms with Crippen LogP contribution in [0.3, 0.4) is 0 Å². The predicted octanol–water partition coefficient (Wildman–Crippen LogP) is 2.61. The number of nitrogens with zero attached hydrogens (tertiary/aromatic N) is 2. The molecule has 2 rings (SSSR count). The maximum Gasteiger partial charge on any atom is 0.305 e. The third kappa shape index (κ3) is 2.89. The van der Waals surface area contributed by atoms with Crippen molar-refractivity contribution in [3.8, 4) is 0 Å². The number of hydrogen-bond donors (Lipinski definition) is 0. The zero-order valence-electron chi connectivity index (χ0n) is 10.6. The van der Waals surface area contributed by atoms with E-state index in [-0.39, 0.29) is 11.5 Å². The number of hydrogen-bond acceptors (Lipinski definition) is 3. The van der Waals surface area contributed by atoms with Crippen LogP contribution in [0, 0.1) is 21.8 Å². The molecule has 0 aromatic heterocycles. The Morgan fingerprint density at radius 3 is 2.63 bits per heavy atom. The Bertz CT molecular complexity index is 511. The number of carbonyl (C=O) groups is 1. The molecule has 1 aliphatic rings. The van der Waals surface area contributed by atoms with E-state index in [4.69, 9.17) is 0 Å². The van der Waals surface area contributed by atoms with Crippen molar-refractivity contribution in [2.45, 2.75) is 19.8 Å². The number of amides is 1. The zero-order chi connectivity index (χ0) is 14.0. The van der Waals surface area contributed by atoms with Crippen LogP contribution >= 0.6 is 0 Å². The van der Waals surface area contributed by atoms with Crippen LogP contribution in [0.4, 0.5) is 10.1 Å². The number of nitro groups is 1. The summed E-state index contributed by atoms with van der Waals surface area (Å²) in [6.07, 6.45) is 1.85. The Morgan fingerprint density at radius 2 is 2.05 bits per heavy atom. The summed E-state index contributed by atoms with van der Waals surface area (Å²) < 4.78 is 13.2. The fraction of sp³-hybridized carbons (Fsp3) is 0.462. The molecule has 1 aliphatic heterocycles. The largest absolute Gasteiger partial charge is 0.339 e. The minimum absolute atomic E-state index is 0.169. The third-order valence-electron chi connectivity index (χ3n) is 3.46. The van der Waals surface area contributed by atoms with E-state index in [9.17, 15) is 19.3 Å². The molecule has 19 heavy (non-hydrogen) atoms. The van der Waals surface area contributed by atoms with E-state index in [1.807, 2.05) is 0 Å². The summed E-state index contributed by atoms with van der Waals surface area (Å²) in [5, 5.41) is 10.7. The van der Waals surface area contributed by atoms with Crippen LogP contribution in [0.2, 0.25) is 0 Å². The molecule has 1 amide bonds. The lowest BCUT2D eigenvalue weighted by molar-refractivity contribution is -0.387. The molecule has 1 aromatic rings. The van der Waals surface area contributed by atoms with Gasteiger partial charge in [0.05, 0.1) is 4.92 Å². The average Bonchev–Trinajstić information content (AvgIpc) is 2.39. The van der Waals surface area contributed by atoms with E-state index in [0.29, 0.717) is 19.0 Å². The van der Waals surface area contributed by atoms with E-state index in [1.165, 1.54) is 6.07 Å². The minimum atomic E-state index is -0.922. The molecule has 1 heterocycles. The topological polar surface area (TPSA) is 63.5 Å². The molecule has 0 atom stereocenters. The molecule has 0 N–H and O–H groups in total.